The Morgan fingerprint density at radius 2 is 1.95 bits per heavy atom. The van der Waals surface area contributed by atoms with Gasteiger partial charge < -0.3 is 9.80 Å². The second kappa shape index (κ2) is 9.72. The molecule has 1 fully saturated rings. The average molecular weight is 551 g/mol. The van der Waals surface area contributed by atoms with Crippen LogP contribution in [0.2, 0.25) is 0 Å². The van der Waals surface area contributed by atoms with Crippen molar-refractivity contribution in [2.75, 3.05) is 30.3 Å². The number of hydrogen-bond acceptors (Lipinski definition) is 5. The number of alkyl halides is 3. The standard InChI is InChI=1S/C26H23F5N4O2S/c1-3-20(36)33-8-9-34(14(2)13-33)24-17-12-18(26(29,30)31)21(16-6-5-15(27)11-19(16)28)23-22(17)35(25(37)32-24)7-4-10-38-23/h3,5-6,11-12,14H,1,4,7-10,13H2,2H3/t14-/m0/s1. The van der Waals surface area contributed by atoms with Gasteiger partial charge >= 0.3 is 11.9 Å². The molecule has 200 valence electrons. The smallest absolute Gasteiger partial charge is 0.350 e. The predicted octanol–water partition coefficient (Wildman–Crippen LogP) is 5.08. The van der Waals surface area contributed by atoms with Gasteiger partial charge in [-0.2, -0.15) is 18.2 Å². The van der Waals surface area contributed by atoms with Crippen LogP contribution in [0.1, 0.15) is 18.9 Å². The molecule has 5 rings (SSSR count). The van der Waals surface area contributed by atoms with Crippen molar-refractivity contribution in [2.45, 2.75) is 37.0 Å². The molecule has 3 aromatic rings. The zero-order valence-corrected chi connectivity index (χ0v) is 21.1. The summed E-state index contributed by atoms with van der Waals surface area (Å²) in [6, 6.07) is 3.00. The molecule has 6 nitrogen and oxygen atoms in total. The summed E-state index contributed by atoms with van der Waals surface area (Å²) in [5.74, 6) is -1.83. The average Bonchev–Trinajstić information content (AvgIpc) is 3.09. The zero-order valence-electron chi connectivity index (χ0n) is 20.3. The third kappa shape index (κ3) is 4.44. The summed E-state index contributed by atoms with van der Waals surface area (Å²) in [5.41, 5.74) is -2.30. The van der Waals surface area contributed by atoms with E-state index in [1.807, 2.05) is 0 Å². The van der Waals surface area contributed by atoms with Gasteiger partial charge in [0.05, 0.1) is 11.1 Å². The largest absolute Gasteiger partial charge is 0.417 e. The summed E-state index contributed by atoms with van der Waals surface area (Å²) in [4.78, 5) is 33.0. The second-order valence-corrected chi connectivity index (χ2v) is 10.4. The van der Waals surface area contributed by atoms with E-state index < -0.39 is 40.2 Å². The molecular formula is C26H23F5N4O2S. The van der Waals surface area contributed by atoms with Gasteiger partial charge in [-0.25, -0.2) is 13.6 Å². The lowest BCUT2D eigenvalue weighted by Crippen LogP contribution is -2.54. The summed E-state index contributed by atoms with van der Waals surface area (Å²) in [5, 5.41) is 0.114. The van der Waals surface area contributed by atoms with Crippen LogP contribution in [0, 0.1) is 11.6 Å². The SMILES string of the molecule is C=CC(=O)N1CCN(c2nc(=O)n3c4c(c(-c5ccc(F)cc5F)c(C(F)(F)F)cc24)SCCC3)[C@@H](C)C1. The Bertz CT molecular complexity index is 1520. The number of rotatable bonds is 3. The number of piperazine rings is 1. The van der Waals surface area contributed by atoms with E-state index in [2.05, 4.69) is 11.6 Å². The van der Waals surface area contributed by atoms with Crippen LogP contribution in [0.5, 0.6) is 0 Å². The van der Waals surface area contributed by atoms with Crippen LogP contribution in [0.3, 0.4) is 0 Å². The fourth-order valence-corrected chi connectivity index (χ4v) is 6.34. The Labute approximate surface area is 218 Å². The van der Waals surface area contributed by atoms with Crippen molar-refractivity contribution in [1.82, 2.24) is 14.5 Å². The fourth-order valence-electron chi connectivity index (χ4n) is 5.14. The topological polar surface area (TPSA) is 58.4 Å². The summed E-state index contributed by atoms with van der Waals surface area (Å²) < 4.78 is 73.6. The maximum Gasteiger partial charge on any atom is 0.417 e. The van der Waals surface area contributed by atoms with Crippen LogP contribution in [0.25, 0.3) is 22.0 Å². The predicted molar refractivity (Wildman–Crippen MR) is 135 cm³/mol. The van der Waals surface area contributed by atoms with Gasteiger partial charge in [-0.05, 0) is 43.4 Å². The van der Waals surface area contributed by atoms with Crippen molar-refractivity contribution in [2.24, 2.45) is 0 Å². The van der Waals surface area contributed by atoms with Gasteiger partial charge in [0.25, 0.3) is 0 Å². The molecule has 0 aliphatic carbocycles. The number of thioether (sulfide) groups is 1. The first-order chi connectivity index (χ1) is 18.0. The van der Waals surface area contributed by atoms with Crippen molar-refractivity contribution in [3.05, 3.63) is 64.6 Å². The van der Waals surface area contributed by atoms with Crippen molar-refractivity contribution < 1.29 is 26.7 Å². The Hall–Kier alpha value is -3.41. The summed E-state index contributed by atoms with van der Waals surface area (Å²) in [6.45, 7) is 6.30. The van der Waals surface area contributed by atoms with E-state index in [0.717, 1.165) is 30.0 Å². The third-order valence-corrected chi connectivity index (χ3v) is 8.04. The molecule has 1 aromatic heterocycles. The highest BCUT2D eigenvalue weighted by molar-refractivity contribution is 7.99. The lowest BCUT2D eigenvalue weighted by molar-refractivity contribution is -0.137. The lowest BCUT2D eigenvalue weighted by Gasteiger charge is -2.40. The van der Waals surface area contributed by atoms with E-state index in [9.17, 15) is 31.5 Å². The first-order valence-corrected chi connectivity index (χ1v) is 12.9. The van der Waals surface area contributed by atoms with Crippen LogP contribution in [-0.2, 0) is 17.5 Å². The molecule has 1 atom stereocenters. The molecule has 38 heavy (non-hydrogen) atoms. The normalized spacial score (nSPS) is 18.0. The zero-order chi connectivity index (χ0) is 27.4. The molecule has 0 bridgehead atoms. The molecule has 1 saturated heterocycles. The van der Waals surface area contributed by atoms with Gasteiger partial charge in [-0.15, -0.1) is 11.8 Å². The molecule has 1 amide bonds. The van der Waals surface area contributed by atoms with E-state index in [1.54, 1.807) is 16.7 Å². The maximum absolute atomic E-state index is 14.9. The molecule has 3 heterocycles. The third-order valence-electron chi connectivity index (χ3n) is 6.86. The minimum atomic E-state index is -4.88. The molecule has 2 aliphatic heterocycles. The molecule has 0 unspecified atom stereocenters. The lowest BCUT2D eigenvalue weighted by atomic mass is 9.95. The number of amides is 1. The van der Waals surface area contributed by atoms with Crippen LogP contribution >= 0.6 is 11.8 Å². The quantitative estimate of drug-likeness (QED) is 0.336. The highest BCUT2D eigenvalue weighted by Gasteiger charge is 2.39. The minimum Gasteiger partial charge on any atom is -0.350 e. The van der Waals surface area contributed by atoms with E-state index >= 15 is 0 Å². The van der Waals surface area contributed by atoms with Crippen molar-refractivity contribution in [3.8, 4) is 11.1 Å². The summed E-state index contributed by atoms with van der Waals surface area (Å²) >= 11 is 1.11. The monoisotopic (exact) mass is 550 g/mol. The Balaban J connectivity index is 1.82. The van der Waals surface area contributed by atoms with Gasteiger partial charge in [0.1, 0.15) is 17.5 Å². The molecule has 0 spiro atoms. The molecule has 0 N–H and O–H groups in total. The van der Waals surface area contributed by atoms with Gasteiger partial charge in [0.2, 0.25) is 5.91 Å². The first kappa shape index (κ1) is 26.2. The fraction of sp³-hybridized carbons (Fsp3) is 0.346. The Morgan fingerprint density at radius 1 is 1.18 bits per heavy atom. The van der Waals surface area contributed by atoms with E-state index in [-0.39, 0.29) is 59.7 Å². The van der Waals surface area contributed by atoms with Crippen molar-refractivity contribution in [1.29, 1.82) is 0 Å². The molecule has 2 aromatic carbocycles. The molecule has 12 heteroatoms. The number of carbonyl (C=O) groups is 1. The van der Waals surface area contributed by atoms with E-state index in [4.69, 9.17) is 0 Å². The first-order valence-electron chi connectivity index (χ1n) is 12.0. The molecule has 0 saturated carbocycles. The highest BCUT2D eigenvalue weighted by Crippen LogP contribution is 2.48. The molecule has 2 aliphatic rings. The van der Waals surface area contributed by atoms with Crippen molar-refractivity contribution >= 4 is 34.4 Å². The highest BCUT2D eigenvalue weighted by atomic mass is 32.2. The number of hydrogen-bond donors (Lipinski definition) is 0. The van der Waals surface area contributed by atoms with Crippen LogP contribution in [-0.4, -0.2) is 51.8 Å². The van der Waals surface area contributed by atoms with Crippen molar-refractivity contribution in [3.63, 3.8) is 0 Å². The summed E-state index contributed by atoms with van der Waals surface area (Å²) in [6.07, 6.45) is -3.20. The van der Waals surface area contributed by atoms with E-state index in [0.29, 0.717) is 18.2 Å². The summed E-state index contributed by atoms with van der Waals surface area (Å²) in [7, 11) is 0. The number of aryl methyl sites for hydroxylation is 1. The van der Waals surface area contributed by atoms with E-state index in [1.165, 1.54) is 10.6 Å². The minimum absolute atomic E-state index is 0.0832. The van der Waals surface area contributed by atoms with Gasteiger partial charge in [-0.1, -0.05) is 6.58 Å². The van der Waals surface area contributed by atoms with Gasteiger partial charge in [0, 0.05) is 59.7 Å². The number of aromatic nitrogens is 2. The molecule has 0 radical (unpaired) electrons. The van der Waals surface area contributed by atoms with Crippen LogP contribution in [0.4, 0.5) is 27.8 Å². The Morgan fingerprint density at radius 3 is 2.61 bits per heavy atom. The van der Waals surface area contributed by atoms with Crippen LogP contribution < -0.4 is 10.6 Å². The Kier molecular flexibility index (Phi) is 6.70. The maximum atomic E-state index is 14.9. The molecular weight excluding hydrogens is 527 g/mol. The van der Waals surface area contributed by atoms with Gasteiger partial charge in [0.15, 0.2) is 0 Å². The number of halogens is 5. The van der Waals surface area contributed by atoms with Gasteiger partial charge in [-0.3, -0.25) is 9.36 Å². The second-order valence-electron chi connectivity index (χ2n) is 9.25. The number of carbonyl (C=O) groups excluding carboxylic acids is 1. The van der Waals surface area contributed by atoms with Crippen LogP contribution in [0.15, 0.2) is 46.6 Å². The number of benzene rings is 2. The number of nitrogens with zero attached hydrogens (tertiary/aromatic N) is 4. The number of anilines is 1.